The van der Waals surface area contributed by atoms with Gasteiger partial charge in [-0.25, -0.2) is 0 Å². The van der Waals surface area contributed by atoms with Crippen LogP contribution in [0.5, 0.6) is 0 Å². The summed E-state index contributed by atoms with van der Waals surface area (Å²) in [4.78, 5) is 0. The van der Waals surface area contributed by atoms with Crippen molar-refractivity contribution in [3.8, 4) is 0 Å². The van der Waals surface area contributed by atoms with Crippen LogP contribution in [-0.4, -0.2) is 31.4 Å². The molecule has 25 heavy (non-hydrogen) atoms. The molecule has 0 aliphatic carbocycles. The molecule has 0 bridgehead atoms. The predicted octanol–water partition coefficient (Wildman–Crippen LogP) is 6.70. The molecule has 0 heterocycles. The number of halogens is 4. The number of rotatable bonds is 11. The minimum absolute atomic E-state index is 1.22. The van der Waals surface area contributed by atoms with Gasteiger partial charge in [0.2, 0.25) is 0 Å². The number of unbranched alkanes of at least 4 members (excludes halogenated alkanes) is 3. The molecule has 0 fully saturated rings. The maximum atomic E-state index is 9.75. The lowest BCUT2D eigenvalue weighted by molar-refractivity contribution is -0.941. The van der Waals surface area contributed by atoms with Crippen molar-refractivity contribution in [2.75, 3.05) is 19.6 Å². The minimum Gasteiger partial charge on any atom is -0.418 e. The topological polar surface area (TPSA) is 0 Å². The highest BCUT2D eigenvalue weighted by Gasteiger charge is 2.26. The van der Waals surface area contributed by atoms with Crippen molar-refractivity contribution in [3.05, 3.63) is 35.9 Å². The summed E-state index contributed by atoms with van der Waals surface area (Å²) in [5, 5.41) is 0. The van der Waals surface area contributed by atoms with Gasteiger partial charge in [0.05, 0.1) is 19.6 Å². The van der Waals surface area contributed by atoms with Gasteiger partial charge in [-0.05, 0) is 19.3 Å². The molecule has 6 heteroatoms. The molecule has 1 aromatic rings. The van der Waals surface area contributed by atoms with E-state index < -0.39 is 7.25 Å². The summed E-state index contributed by atoms with van der Waals surface area (Å²) in [6.07, 6.45) is 8.02. The van der Waals surface area contributed by atoms with E-state index in [-0.39, 0.29) is 0 Å². The van der Waals surface area contributed by atoms with Crippen LogP contribution >= 0.6 is 0 Å². The van der Waals surface area contributed by atoms with Crippen molar-refractivity contribution in [1.29, 1.82) is 0 Å². The lowest BCUT2D eigenvalue weighted by atomic mass is 10.1. The fourth-order valence-electron chi connectivity index (χ4n) is 3.02. The van der Waals surface area contributed by atoms with Gasteiger partial charge in [0.15, 0.2) is 0 Å². The van der Waals surface area contributed by atoms with E-state index in [4.69, 9.17) is 0 Å². The van der Waals surface area contributed by atoms with Gasteiger partial charge in [-0.2, -0.15) is 0 Å². The maximum absolute atomic E-state index is 9.75. The van der Waals surface area contributed by atoms with Crippen LogP contribution in [0.2, 0.25) is 0 Å². The van der Waals surface area contributed by atoms with Gasteiger partial charge >= 0.3 is 7.25 Å². The van der Waals surface area contributed by atoms with Crippen LogP contribution < -0.4 is 0 Å². The van der Waals surface area contributed by atoms with Gasteiger partial charge in [0.1, 0.15) is 6.54 Å². The zero-order chi connectivity index (χ0) is 19.2. The molecule has 1 nitrogen and oxygen atoms in total. The van der Waals surface area contributed by atoms with Gasteiger partial charge in [0, 0.05) is 5.56 Å². The molecule has 1 rings (SSSR count). The Morgan fingerprint density at radius 1 is 0.720 bits per heavy atom. The Kier molecular flexibility index (Phi) is 12.7. The first-order valence-corrected chi connectivity index (χ1v) is 9.52. The molecule has 0 amide bonds. The van der Waals surface area contributed by atoms with Crippen LogP contribution in [0.1, 0.15) is 64.9 Å². The van der Waals surface area contributed by atoms with Gasteiger partial charge in [-0.3, -0.25) is 0 Å². The number of benzene rings is 1. The Morgan fingerprint density at radius 2 is 1.08 bits per heavy atom. The Morgan fingerprint density at radius 3 is 1.40 bits per heavy atom. The molecule has 0 radical (unpaired) electrons. The Hall–Kier alpha value is -1.04. The summed E-state index contributed by atoms with van der Waals surface area (Å²) in [5.41, 5.74) is 1.51. The fourth-order valence-corrected chi connectivity index (χ4v) is 3.02. The van der Waals surface area contributed by atoms with Crippen molar-refractivity contribution in [1.82, 2.24) is 0 Å². The molecule has 0 aliphatic rings. The highest BCUT2D eigenvalue weighted by atomic mass is 19.5. The first-order chi connectivity index (χ1) is 11.8. The zero-order valence-electron chi connectivity index (χ0n) is 16.0. The van der Waals surface area contributed by atoms with E-state index >= 15 is 0 Å². The second-order valence-electron chi connectivity index (χ2n) is 6.71. The standard InChI is InChI=1S/C19H34N.BF4/c1-4-7-15-20(16-8-5-2,17-9-6-3)18-19-13-11-10-12-14-19;2-1(3,4)5/h10-14H,4-9,15-18H2,1-3H3;/q+1;-1. The third-order valence-electron chi connectivity index (χ3n) is 4.32. The normalized spacial score (nSPS) is 11.8. The molecule has 146 valence electrons. The summed E-state index contributed by atoms with van der Waals surface area (Å²) in [5.74, 6) is 0. The van der Waals surface area contributed by atoms with Gasteiger partial charge < -0.3 is 21.7 Å². The van der Waals surface area contributed by atoms with Crippen LogP contribution in [0.3, 0.4) is 0 Å². The number of hydrogen-bond acceptors (Lipinski definition) is 0. The summed E-state index contributed by atoms with van der Waals surface area (Å²) in [6.45, 7) is 12.2. The van der Waals surface area contributed by atoms with Crippen LogP contribution in [0.4, 0.5) is 17.3 Å². The van der Waals surface area contributed by atoms with E-state index in [0.717, 1.165) is 0 Å². The smallest absolute Gasteiger partial charge is 0.418 e. The lowest BCUT2D eigenvalue weighted by Crippen LogP contribution is -2.49. The summed E-state index contributed by atoms with van der Waals surface area (Å²) in [7, 11) is -6.00. The van der Waals surface area contributed by atoms with E-state index in [9.17, 15) is 17.3 Å². The summed E-state index contributed by atoms with van der Waals surface area (Å²) >= 11 is 0. The van der Waals surface area contributed by atoms with Gasteiger partial charge in [-0.15, -0.1) is 0 Å². The van der Waals surface area contributed by atoms with E-state index in [1.165, 1.54) is 74.8 Å². The Bertz CT molecular complexity index is 395. The Labute approximate surface area is 151 Å². The van der Waals surface area contributed by atoms with Gasteiger partial charge in [0.25, 0.3) is 0 Å². The number of nitrogens with zero attached hydrogens (tertiary/aromatic N) is 1. The van der Waals surface area contributed by atoms with Crippen molar-refractivity contribution < 1.29 is 21.7 Å². The van der Waals surface area contributed by atoms with Crippen LogP contribution in [0, 0.1) is 0 Å². The van der Waals surface area contributed by atoms with Gasteiger partial charge in [-0.1, -0.05) is 70.4 Å². The third kappa shape index (κ3) is 13.9. The fraction of sp³-hybridized carbons (Fsp3) is 0.684. The monoisotopic (exact) mass is 363 g/mol. The zero-order valence-corrected chi connectivity index (χ0v) is 16.0. The lowest BCUT2D eigenvalue weighted by Gasteiger charge is -2.39. The van der Waals surface area contributed by atoms with Crippen molar-refractivity contribution >= 4 is 7.25 Å². The van der Waals surface area contributed by atoms with Crippen LogP contribution in [0.15, 0.2) is 30.3 Å². The van der Waals surface area contributed by atoms with Crippen molar-refractivity contribution in [2.45, 2.75) is 65.8 Å². The molecule has 0 atom stereocenters. The second-order valence-corrected chi connectivity index (χ2v) is 6.71. The highest BCUT2D eigenvalue weighted by Crippen LogP contribution is 2.19. The van der Waals surface area contributed by atoms with E-state index in [1.54, 1.807) is 0 Å². The average Bonchev–Trinajstić information content (AvgIpc) is 2.55. The molecule has 0 saturated heterocycles. The molecule has 1 aromatic carbocycles. The van der Waals surface area contributed by atoms with E-state index in [0.29, 0.717) is 0 Å². The molecule has 0 aliphatic heterocycles. The molecule has 0 N–H and O–H groups in total. The maximum Gasteiger partial charge on any atom is 0.673 e. The minimum atomic E-state index is -6.00. The van der Waals surface area contributed by atoms with E-state index in [1.807, 2.05) is 0 Å². The van der Waals surface area contributed by atoms with E-state index in [2.05, 4.69) is 51.1 Å². The summed E-state index contributed by atoms with van der Waals surface area (Å²) in [6, 6.07) is 11.1. The molecule has 0 unspecified atom stereocenters. The van der Waals surface area contributed by atoms with Crippen LogP contribution in [-0.2, 0) is 6.54 Å². The molecule has 0 spiro atoms. The van der Waals surface area contributed by atoms with Crippen molar-refractivity contribution in [2.24, 2.45) is 0 Å². The summed E-state index contributed by atoms with van der Waals surface area (Å²) < 4.78 is 40.3. The molecular formula is C19H34BF4N. The predicted molar refractivity (Wildman–Crippen MR) is 99.9 cm³/mol. The highest BCUT2D eigenvalue weighted by molar-refractivity contribution is 6.50. The third-order valence-corrected chi connectivity index (χ3v) is 4.32. The molecule has 0 aromatic heterocycles. The van der Waals surface area contributed by atoms with Crippen molar-refractivity contribution in [3.63, 3.8) is 0 Å². The molecule has 0 saturated carbocycles. The average molecular weight is 363 g/mol. The number of quaternary nitrogens is 1. The second kappa shape index (κ2) is 13.2. The van der Waals surface area contributed by atoms with Crippen LogP contribution in [0.25, 0.3) is 0 Å². The SMILES string of the molecule is CCCC[N+](CCCC)(CCCC)Cc1ccccc1.F[B-](F)(F)F. The first kappa shape index (κ1) is 24.0. The Balaban J connectivity index is 0.00000101. The quantitative estimate of drug-likeness (QED) is 0.233. The largest absolute Gasteiger partial charge is 0.673 e. The first-order valence-electron chi connectivity index (χ1n) is 9.52. The molecular weight excluding hydrogens is 329 g/mol. The number of hydrogen-bond donors (Lipinski definition) is 0.